The highest BCUT2D eigenvalue weighted by molar-refractivity contribution is 5.71. The van der Waals surface area contributed by atoms with Gasteiger partial charge in [0.15, 0.2) is 6.10 Å². The van der Waals surface area contributed by atoms with Crippen molar-refractivity contribution in [1.82, 2.24) is 0 Å². The first kappa shape index (κ1) is 56.4. The maximum atomic E-state index is 12.8. The van der Waals surface area contributed by atoms with Gasteiger partial charge < -0.3 is 14.2 Å². The Balaban J connectivity index is 4.30. The second-order valence-electron chi connectivity index (χ2n) is 17.8. The minimum Gasteiger partial charge on any atom is -0.462 e. The first-order chi connectivity index (χ1) is 28.5. The normalized spacial score (nSPS) is 11.8. The molecule has 58 heavy (non-hydrogen) atoms. The molecule has 6 heteroatoms. The van der Waals surface area contributed by atoms with Crippen molar-refractivity contribution in [3.8, 4) is 0 Å². The lowest BCUT2D eigenvalue weighted by molar-refractivity contribution is -0.167. The van der Waals surface area contributed by atoms with Gasteiger partial charge in [0.1, 0.15) is 13.2 Å². The molecule has 0 aliphatic rings. The van der Waals surface area contributed by atoms with Crippen LogP contribution in [0.15, 0.2) is 0 Å². The van der Waals surface area contributed by atoms with Gasteiger partial charge in [-0.1, -0.05) is 258 Å². The quantitative estimate of drug-likeness (QED) is 0.0346. The first-order valence-electron chi connectivity index (χ1n) is 26.0. The maximum absolute atomic E-state index is 12.8. The second kappa shape index (κ2) is 48.1. The molecule has 0 spiro atoms. The Kier molecular flexibility index (Phi) is 46.8. The molecule has 0 radical (unpaired) electrons. The van der Waals surface area contributed by atoms with E-state index in [1.54, 1.807) is 0 Å². The number of ether oxygens (including phenoxy) is 3. The van der Waals surface area contributed by atoms with Crippen molar-refractivity contribution in [2.24, 2.45) is 0 Å². The summed E-state index contributed by atoms with van der Waals surface area (Å²) in [5, 5.41) is 0. The van der Waals surface area contributed by atoms with Crippen LogP contribution in [-0.4, -0.2) is 37.2 Å². The number of esters is 3. The fourth-order valence-corrected chi connectivity index (χ4v) is 7.92. The van der Waals surface area contributed by atoms with Crippen molar-refractivity contribution in [2.75, 3.05) is 13.2 Å². The topological polar surface area (TPSA) is 78.9 Å². The Hall–Kier alpha value is -1.59. The van der Waals surface area contributed by atoms with E-state index < -0.39 is 6.10 Å². The molecular formula is C52H100O6. The first-order valence-corrected chi connectivity index (χ1v) is 26.0. The SMILES string of the molecule is CCCCCCCCCCCCCCCCCC(=O)O[C@H](COC(=O)CCCCCCCCCCCCC)COC(=O)CCCCCCCCCCCCCCCC. The molecule has 6 nitrogen and oxygen atoms in total. The van der Waals surface area contributed by atoms with E-state index in [4.69, 9.17) is 14.2 Å². The van der Waals surface area contributed by atoms with Crippen LogP contribution in [0.4, 0.5) is 0 Å². The molecule has 0 saturated heterocycles. The molecule has 0 saturated carbocycles. The summed E-state index contributed by atoms with van der Waals surface area (Å²) in [6.45, 7) is 6.68. The third kappa shape index (κ3) is 45.5. The fraction of sp³-hybridized carbons (Fsp3) is 0.942. The van der Waals surface area contributed by atoms with Gasteiger partial charge >= 0.3 is 17.9 Å². The van der Waals surface area contributed by atoms with Crippen molar-refractivity contribution in [3.05, 3.63) is 0 Å². The molecule has 0 fully saturated rings. The highest BCUT2D eigenvalue weighted by Gasteiger charge is 2.19. The summed E-state index contributed by atoms with van der Waals surface area (Å²) in [5.74, 6) is -0.841. The minimum absolute atomic E-state index is 0.0617. The van der Waals surface area contributed by atoms with Crippen LogP contribution in [0, 0.1) is 0 Å². The lowest BCUT2D eigenvalue weighted by Crippen LogP contribution is -2.30. The third-order valence-electron chi connectivity index (χ3n) is 11.9. The van der Waals surface area contributed by atoms with E-state index in [0.29, 0.717) is 19.3 Å². The second-order valence-corrected chi connectivity index (χ2v) is 17.8. The summed E-state index contributed by atoms with van der Waals surface area (Å²) >= 11 is 0. The molecule has 0 unspecified atom stereocenters. The van der Waals surface area contributed by atoms with Gasteiger partial charge in [0.2, 0.25) is 0 Å². The van der Waals surface area contributed by atoms with Gasteiger partial charge in [0.05, 0.1) is 0 Å². The minimum atomic E-state index is -0.759. The molecule has 0 heterocycles. The van der Waals surface area contributed by atoms with Crippen molar-refractivity contribution in [3.63, 3.8) is 0 Å². The van der Waals surface area contributed by atoms with E-state index in [-0.39, 0.29) is 31.1 Å². The molecule has 0 bridgehead atoms. The van der Waals surface area contributed by atoms with Gasteiger partial charge in [-0.2, -0.15) is 0 Å². The van der Waals surface area contributed by atoms with Gasteiger partial charge in [0.25, 0.3) is 0 Å². The van der Waals surface area contributed by atoms with Crippen LogP contribution < -0.4 is 0 Å². The van der Waals surface area contributed by atoms with Crippen LogP contribution in [0.5, 0.6) is 0 Å². The zero-order valence-electron chi connectivity index (χ0n) is 39.3. The maximum Gasteiger partial charge on any atom is 0.306 e. The summed E-state index contributed by atoms with van der Waals surface area (Å²) < 4.78 is 16.8. The van der Waals surface area contributed by atoms with Gasteiger partial charge in [-0.3, -0.25) is 14.4 Å². The average Bonchev–Trinajstić information content (AvgIpc) is 3.22. The van der Waals surface area contributed by atoms with E-state index in [0.717, 1.165) is 57.8 Å². The molecule has 0 aromatic heterocycles. The summed E-state index contributed by atoms with van der Waals surface area (Å²) in [5.41, 5.74) is 0. The lowest BCUT2D eigenvalue weighted by atomic mass is 10.0. The Labute approximate surface area is 361 Å². The summed E-state index contributed by atoms with van der Waals surface area (Å²) in [4.78, 5) is 37.9. The van der Waals surface area contributed by atoms with Gasteiger partial charge in [-0.05, 0) is 19.3 Å². The van der Waals surface area contributed by atoms with E-state index in [9.17, 15) is 14.4 Å². The summed E-state index contributed by atoms with van der Waals surface area (Å²) in [6.07, 6.45) is 50.8. The molecule has 1 atom stereocenters. The monoisotopic (exact) mass is 821 g/mol. The van der Waals surface area contributed by atoms with Crippen molar-refractivity contribution in [1.29, 1.82) is 0 Å². The fourth-order valence-electron chi connectivity index (χ4n) is 7.92. The Morgan fingerprint density at radius 1 is 0.276 bits per heavy atom. The molecule has 0 aromatic rings. The number of carbonyl (C=O) groups excluding carboxylic acids is 3. The highest BCUT2D eigenvalue weighted by atomic mass is 16.6. The van der Waals surface area contributed by atoms with Gasteiger partial charge in [-0.25, -0.2) is 0 Å². The van der Waals surface area contributed by atoms with Crippen LogP contribution in [0.3, 0.4) is 0 Å². The van der Waals surface area contributed by atoms with E-state index in [1.807, 2.05) is 0 Å². The van der Waals surface area contributed by atoms with Crippen molar-refractivity contribution in [2.45, 2.75) is 303 Å². The summed E-state index contributed by atoms with van der Waals surface area (Å²) in [7, 11) is 0. The molecule has 0 aliphatic heterocycles. The highest BCUT2D eigenvalue weighted by Crippen LogP contribution is 2.17. The Morgan fingerprint density at radius 2 is 0.466 bits per heavy atom. The molecule has 0 aromatic carbocycles. The van der Waals surface area contributed by atoms with Crippen LogP contribution in [0.25, 0.3) is 0 Å². The van der Waals surface area contributed by atoms with Crippen LogP contribution in [0.2, 0.25) is 0 Å². The molecule has 0 amide bonds. The molecular weight excluding hydrogens is 721 g/mol. The summed E-state index contributed by atoms with van der Waals surface area (Å²) in [6, 6.07) is 0. The zero-order chi connectivity index (χ0) is 42.3. The average molecular weight is 821 g/mol. The van der Waals surface area contributed by atoms with E-state index in [1.165, 1.54) is 199 Å². The predicted molar refractivity (Wildman–Crippen MR) is 247 cm³/mol. The lowest BCUT2D eigenvalue weighted by Gasteiger charge is -2.18. The molecule has 0 rings (SSSR count). The van der Waals surface area contributed by atoms with Gasteiger partial charge in [-0.15, -0.1) is 0 Å². The Bertz CT molecular complexity index is 859. The number of carbonyl (C=O) groups is 3. The van der Waals surface area contributed by atoms with Crippen molar-refractivity contribution < 1.29 is 28.6 Å². The van der Waals surface area contributed by atoms with Gasteiger partial charge in [0, 0.05) is 19.3 Å². The number of hydrogen-bond donors (Lipinski definition) is 0. The zero-order valence-corrected chi connectivity index (χ0v) is 39.3. The number of rotatable bonds is 48. The number of unbranched alkanes of at least 4 members (excludes halogenated alkanes) is 37. The van der Waals surface area contributed by atoms with Crippen molar-refractivity contribution >= 4 is 17.9 Å². The Morgan fingerprint density at radius 3 is 0.690 bits per heavy atom. The van der Waals surface area contributed by atoms with Crippen LogP contribution in [-0.2, 0) is 28.6 Å². The molecule has 344 valence electrons. The standard InChI is InChI=1S/C52H100O6/c1-4-7-10-13-16-19-22-24-26-28-31-34-37-40-43-46-52(55)58-49(47-56-50(53)44-41-38-35-32-29-21-18-15-12-9-6-3)48-57-51(54)45-42-39-36-33-30-27-25-23-20-17-14-11-8-5-2/h49H,4-48H2,1-3H3/t49-/m1/s1. The van der Waals surface area contributed by atoms with E-state index in [2.05, 4.69) is 20.8 Å². The largest absolute Gasteiger partial charge is 0.462 e. The van der Waals surface area contributed by atoms with Crippen LogP contribution in [0.1, 0.15) is 297 Å². The molecule has 0 aliphatic carbocycles. The number of hydrogen-bond acceptors (Lipinski definition) is 6. The smallest absolute Gasteiger partial charge is 0.306 e. The third-order valence-corrected chi connectivity index (χ3v) is 11.9. The van der Waals surface area contributed by atoms with E-state index >= 15 is 0 Å². The molecule has 0 N–H and O–H groups in total. The predicted octanol–water partition coefficient (Wildman–Crippen LogP) is 16.8. The van der Waals surface area contributed by atoms with Crippen LogP contribution >= 0.6 is 0 Å².